The zero-order valence-corrected chi connectivity index (χ0v) is 12.2. The van der Waals surface area contributed by atoms with Crippen LogP contribution in [-0.4, -0.2) is 29.3 Å². The lowest BCUT2D eigenvalue weighted by Crippen LogP contribution is -2.24. The van der Waals surface area contributed by atoms with Crippen LogP contribution in [0.25, 0.3) is 5.69 Å². The van der Waals surface area contributed by atoms with Crippen molar-refractivity contribution in [3.63, 3.8) is 0 Å². The fourth-order valence-electron chi connectivity index (χ4n) is 3.08. The normalized spacial score (nSPS) is 16.6. The lowest BCUT2D eigenvalue weighted by molar-refractivity contribution is 0.171. The maximum Gasteiger partial charge on any atom is 0.163 e. The molecule has 0 saturated heterocycles. The number of hydrogen-bond donors (Lipinski definition) is 1. The van der Waals surface area contributed by atoms with Crippen LogP contribution in [0.15, 0.2) is 18.2 Å². The Kier molecular flexibility index (Phi) is 3.07. The minimum absolute atomic E-state index is 0.614. The van der Waals surface area contributed by atoms with E-state index < -0.39 is 0 Å². The molecular formula is C16H19N3O2. The number of nitrogens with zero attached hydrogens (tertiary/aromatic N) is 2. The van der Waals surface area contributed by atoms with E-state index in [1.165, 1.54) is 11.4 Å². The molecule has 0 radical (unpaired) electrons. The molecule has 0 saturated carbocycles. The molecule has 1 N–H and O–H groups in total. The third kappa shape index (κ3) is 2.08. The predicted molar refractivity (Wildman–Crippen MR) is 79.3 cm³/mol. The topological polar surface area (TPSA) is 48.3 Å². The van der Waals surface area contributed by atoms with Crippen LogP contribution in [0, 0.1) is 0 Å². The summed E-state index contributed by atoms with van der Waals surface area (Å²) in [7, 11) is 0. The smallest absolute Gasteiger partial charge is 0.163 e. The van der Waals surface area contributed by atoms with Gasteiger partial charge in [-0.1, -0.05) is 6.92 Å². The van der Waals surface area contributed by atoms with Crippen molar-refractivity contribution in [1.82, 2.24) is 14.9 Å². The summed E-state index contributed by atoms with van der Waals surface area (Å²) in [5, 5.41) is 3.39. The molecule has 0 bridgehead atoms. The average molecular weight is 285 g/mol. The van der Waals surface area contributed by atoms with Gasteiger partial charge in [-0.3, -0.25) is 0 Å². The van der Waals surface area contributed by atoms with E-state index in [1.807, 2.05) is 6.07 Å². The summed E-state index contributed by atoms with van der Waals surface area (Å²) in [6.45, 7) is 5.25. The summed E-state index contributed by atoms with van der Waals surface area (Å²) in [5.74, 6) is 2.77. The van der Waals surface area contributed by atoms with E-state index >= 15 is 0 Å². The molecule has 0 unspecified atom stereocenters. The maximum absolute atomic E-state index is 5.71. The maximum atomic E-state index is 5.71. The SMILES string of the molecule is CCc1nc2c(n1-c1ccc3c(c1)OCCO3)CCNC2. The molecular weight excluding hydrogens is 266 g/mol. The molecule has 110 valence electrons. The number of fused-ring (bicyclic) bond motifs is 2. The molecule has 3 heterocycles. The predicted octanol–water partition coefficient (Wildman–Crippen LogP) is 1.85. The second-order valence-electron chi connectivity index (χ2n) is 5.37. The third-order valence-corrected chi connectivity index (χ3v) is 4.06. The van der Waals surface area contributed by atoms with Gasteiger partial charge in [0.15, 0.2) is 11.5 Å². The number of nitrogens with one attached hydrogen (secondary N) is 1. The molecule has 1 aromatic carbocycles. The van der Waals surface area contributed by atoms with Gasteiger partial charge in [-0.2, -0.15) is 0 Å². The lowest BCUT2D eigenvalue weighted by atomic mass is 10.1. The summed E-state index contributed by atoms with van der Waals surface area (Å²) in [6.07, 6.45) is 1.93. The Morgan fingerprint density at radius 3 is 2.95 bits per heavy atom. The second-order valence-corrected chi connectivity index (χ2v) is 5.37. The molecule has 2 aromatic rings. The van der Waals surface area contributed by atoms with E-state index in [4.69, 9.17) is 14.5 Å². The van der Waals surface area contributed by atoms with Gasteiger partial charge in [0, 0.05) is 37.7 Å². The zero-order chi connectivity index (χ0) is 14.2. The zero-order valence-electron chi connectivity index (χ0n) is 12.2. The van der Waals surface area contributed by atoms with Gasteiger partial charge >= 0.3 is 0 Å². The van der Waals surface area contributed by atoms with Crippen molar-refractivity contribution in [2.75, 3.05) is 19.8 Å². The Morgan fingerprint density at radius 1 is 1.24 bits per heavy atom. The number of imidazole rings is 1. The van der Waals surface area contributed by atoms with Gasteiger partial charge in [0.05, 0.1) is 11.4 Å². The fraction of sp³-hybridized carbons (Fsp3) is 0.438. The molecule has 0 atom stereocenters. The Morgan fingerprint density at radius 2 is 2.10 bits per heavy atom. The van der Waals surface area contributed by atoms with Crippen molar-refractivity contribution >= 4 is 0 Å². The molecule has 2 aliphatic heterocycles. The summed E-state index contributed by atoms with van der Waals surface area (Å²) in [6, 6.07) is 6.16. The number of benzene rings is 1. The highest BCUT2D eigenvalue weighted by Crippen LogP contribution is 2.33. The first-order valence-electron chi connectivity index (χ1n) is 7.57. The molecule has 1 aromatic heterocycles. The van der Waals surface area contributed by atoms with Crippen LogP contribution in [0.5, 0.6) is 11.5 Å². The molecule has 4 rings (SSSR count). The van der Waals surface area contributed by atoms with Gasteiger partial charge < -0.3 is 19.4 Å². The quantitative estimate of drug-likeness (QED) is 0.915. The minimum Gasteiger partial charge on any atom is -0.486 e. The van der Waals surface area contributed by atoms with Crippen LogP contribution in [0.3, 0.4) is 0 Å². The summed E-state index contributed by atoms with van der Waals surface area (Å²) < 4.78 is 13.6. The Labute approximate surface area is 123 Å². The molecule has 0 fully saturated rings. The molecule has 0 aliphatic carbocycles. The van der Waals surface area contributed by atoms with Gasteiger partial charge in [-0.15, -0.1) is 0 Å². The van der Waals surface area contributed by atoms with Gasteiger partial charge in [-0.05, 0) is 12.1 Å². The van der Waals surface area contributed by atoms with Crippen LogP contribution in [0.1, 0.15) is 24.1 Å². The molecule has 0 spiro atoms. The molecule has 5 nitrogen and oxygen atoms in total. The number of rotatable bonds is 2. The van der Waals surface area contributed by atoms with Gasteiger partial charge in [0.25, 0.3) is 0 Å². The van der Waals surface area contributed by atoms with Crippen molar-refractivity contribution in [1.29, 1.82) is 0 Å². The summed E-state index contributed by atoms with van der Waals surface area (Å²) in [5.41, 5.74) is 3.61. The summed E-state index contributed by atoms with van der Waals surface area (Å²) in [4.78, 5) is 4.79. The number of aryl methyl sites for hydroxylation is 1. The molecule has 2 aliphatic rings. The van der Waals surface area contributed by atoms with Crippen LogP contribution >= 0.6 is 0 Å². The number of ether oxygens (including phenoxy) is 2. The van der Waals surface area contributed by atoms with Crippen LogP contribution < -0.4 is 14.8 Å². The van der Waals surface area contributed by atoms with Gasteiger partial charge in [-0.25, -0.2) is 4.98 Å². The Bertz CT molecular complexity index is 678. The number of aromatic nitrogens is 2. The fourth-order valence-corrected chi connectivity index (χ4v) is 3.08. The minimum atomic E-state index is 0.614. The monoisotopic (exact) mass is 285 g/mol. The van der Waals surface area contributed by atoms with Crippen molar-refractivity contribution in [3.8, 4) is 17.2 Å². The third-order valence-electron chi connectivity index (χ3n) is 4.06. The van der Waals surface area contributed by atoms with Gasteiger partial charge in [0.1, 0.15) is 19.0 Å². The summed E-state index contributed by atoms with van der Waals surface area (Å²) >= 11 is 0. The molecule has 5 heteroatoms. The standard InChI is InChI=1S/C16H19N3O2/c1-2-16-18-12-10-17-6-5-13(12)19(16)11-3-4-14-15(9-11)21-8-7-20-14/h3-4,9,17H,2,5-8,10H2,1H3. The highest BCUT2D eigenvalue weighted by Gasteiger charge is 2.21. The number of hydrogen-bond acceptors (Lipinski definition) is 4. The highest BCUT2D eigenvalue weighted by atomic mass is 16.6. The van der Waals surface area contributed by atoms with E-state index in [-0.39, 0.29) is 0 Å². The van der Waals surface area contributed by atoms with Crippen LogP contribution in [0.4, 0.5) is 0 Å². The largest absolute Gasteiger partial charge is 0.486 e. The lowest BCUT2D eigenvalue weighted by Gasteiger charge is -2.21. The van der Waals surface area contributed by atoms with Crippen molar-refractivity contribution in [2.24, 2.45) is 0 Å². The Balaban J connectivity index is 1.84. The average Bonchev–Trinajstić information content (AvgIpc) is 2.93. The Hall–Kier alpha value is -2.01. The first-order valence-corrected chi connectivity index (χ1v) is 7.57. The van der Waals surface area contributed by atoms with Gasteiger partial charge in [0.2, 0.25) is 0 Å². The molecule has 0 amide bonds. The van der Waals surface area contributed by atoms with E-state index in [9.17, 15) is 0 Å². The van der Waals surface area contributed by atoms with E-state index in [1.54, 1.807) is 0 Å². The highest BCUT2D eigenvalue weighted by molar-refractivity contribution is 5.51. The van der Waals surface area contributed by atoms with Crippen molar-refractivity contribution in [3.05, 3.63) is 35.4 Å². The van der Waals surface area contributed by atoms with Crippen molar-refractivity contribution < 1.29 is 9.47 Å². The molecule has 21 heavy (non-hydrogen) atoms. The van der Waals surface area contributed by atoms with Crippen molar-refractivity contribution in [2.45, 2.75) is 26.3 Å². The second kappa shape index (κ2) is 5.07. The first-order chi connectivity index (χ1) is 10.4. The van der Waals surface area contributed by atoms with E-state index in [0.29, 0.717) is 13.2 Å². The van der Waals surface area contributed by atoms with E-state index in [0.717, 1.165) is 48.9 Å². The van der Waals surface area contributed by atoms with E-state index in [2.05, 4.69) is 28.9 Å². The van der Waals surface area contributed by atoms with Crippen LogP contribution in [0.2, 0.25) is 0 Å². The first kappa shape index (κ1) is 12.7. The van der Waals surface area contributed by atoms with Crippen LogP contribution in [-0.2, 0) is 19.4 Å².